The zero-order chi connectivity index (χ0) is 13.7. The minimum absolute atomic E-state index is 0.0432. The smallest absolute Gasteiger partial charge is 0.328 e. The number of hydrogen-bond donors (Lipinski definition) is 1. The normalized spacial score (nSPS) is 15.7. The second-order valence-corrected chi connectivity index (χ2v) is 5.31. The van der Waals surface area contributed by atoms with E-state index in [2.05, 4.69) is 4.98 Å². The fourth-order valence-electron chi connectivity index (χ4n) is 1.78. The molecule has 2 heterocycles. The maximum atomic E-state index is 12.2. The van der Waals surface area contributed by atoms with Gasteiger partial charge in [-0.3, -0.25) is 9.78 Å². The van der Waals surface area contributed by atoms with Gasteiger partial charge in [-0.1, -0.05) is 0 Å². The summed E-state index contributed by atoms with van der Waals surface area (Å²) in [4.78, 5) is 28.5. The number of carbonyl (C=O) groups excluding carboxylic acids is 1. The second-order valence-electron chi connectivity index (χ2n) is 4.08. The molecule has 1 aromatic rings. The van der Waals surface area contributed by atoms with Crippen molar-refractivity contribution in [3.05, 3.63) is 35.7 Å². The number of carboxylic acids is 1. The molecule has 5 nitrogen and oxygen atoms in total. The summed E-state index contributed by atoms with van der Waals surface area (Å²) in [5.41, 5.74) is 1.11. The van der Waals surface area contributed by atoms with Crippen molar-refractivity contribution in [1.82, 2.24) is 9.88 Å². The highest BCUT2D eigenvalue weighted by Gasteiger charge is 2.18. The zero-order valence-corrected chi connectivity index (χ0v) is 11.1. The molecule has 0 bridgehead atoms. The number of thioether (sulfide) groups is 1. The summed E-state index contributed by atoms with van der Waals surface area (Å²) in [6.07, 6.45) is 5.51. The first-order chi connectivity index (χ1) is 9.16. The summed E-state index contributed by atoms with van der Waals surface area (Å²) >= 11 is 1.84. The van der Waals surface area contributed by atoms with Crippen molar-refractivity contribution in [3.63, 3.8) is 0 Å². The predicted molar refractivity (Wildman–Crippen MR) is 74.1 cm³/mol. The fraction of sp³-hybridized carbons (Fsp3) is 0.308. The molecule has 19 heavy (non-hydrogen) atoms. The van der Waals surface area contributed by atoms with Gasteiger partial charge in [0, 0.05) is 43.1 Å². The molecular weight excluding hydrogens is 264 g/mol. The van der Waals surface area contributed by atoms with Gasteiger partial charge in [-0.15, -0.1) is 0 Å². The summed E-state index contributed by atoms with van der Waals surface area (Å²) in [6.45, 7) is 1.50. The number of aliphatic carboxylic acids is 1. The number of aromatic nitrogens is 1. The van der Waals surface area contributed by atoms with Gasteiger partial charge in [0.1, 0.15) is 0 Å². The van der Waals surface area contributed by atoms with E-state index in [1.165, 1.54) is 18.5 Å². The van der Waals surface area contributed by atoms with E-state index in [-0.39, 0.29) is 5.91 Å². The Morgan fingerprint density at radius 1 is 1.32 bits per heavy atom. The highest BCUT2D eigenvalue weighted by molar-refractivity contribution is 7.99. The van der Waals surface area contributed by atoms with E-state index in [9.17, 15) is 9.59 Å². The molecule has 1 aliphatic rings. The molecule has 1 fully saturated rings. The molecule has 1 aromatic heterocycles. The minimum atomic E-state index is -1.02. The molecule has 0 spiro atoms. The van der Waals surface area contributed by atoms with Crippen molar-refractivity contribution < 1.29 is 14.7 Å². The van der Waals surface area contributed by atoms with Crippen LogP contribution in [0.3, 0.4) is 0 Å². The summed E-state index contributed by atoms with van der Waals surface area (Å²) in [6, 6.07) is 1.66. The number of carbonyl (C=O) groups is 2. The van der Waals surface area contributed by atoms with Crippen molar-refractivity contribution in [1.29, 1.82) is 0 Å². The Morgan fingerprint density at radius 2 is 2.05 bits per heavy atom. The van der Waals surface area contributed by atoms with Gasteiger partial charge in [0.05, 0.1) is 5.56 Å². The van der Waals surface area contributed by atoms with Crippen LogP contribution in [0, 0.1) is 0 Å². The van der Waals surface area contributed by atoms with E-state index < -0.39 is 5.97 Å². The first kappa shape index (κ1) is 13.6. The Hall–Kier alpha value is -1.82. The average molecular weight is 278 g/mol. The highest BCUT2D eigenvalue weighted by atomic mass is 32.2. The standard InChI is InChI=1S/C13H14N2O3S/c16-12(17)2-1-10-7-11(9-14-8-10)13(18)15-3-5-19-6-4-15/h1-2,7-9H,3-6H2,(H,16,17). The summed E-state index contributed by atoms with van der Waals surface area (Å²) < 4.78 is 0. The molecule has 0 aromatic carbocycles. The zero-order valence-electron chi connectivity index (χ0n) is 10.3. The maximum Gasteiger partial charge on any atom is 0.328 e. The lowest BCUT2D eigenvalue weighted by molar-refractivity contribution is -0.131. The highest BCUT2D eigenvalue weighted by Crippen LogP contribution is 2.13. The van der Waals surface area contributed by atoms with Crippen LogP contribution in [0.25, 0.3) is 6.08 Å². The molecule has 1 N–H and O–H groups in total. The number of rotatable bonds is 3. The van der Waals surface area contributed by atoms with Crippen LogP contribution in [0.4, 0.5) is 0 Å². The third-order valence-corrected chi connectivity index (χ3v) is 3.67. The SMILES string of the molecule is O=C(O)C=Cc1cncc(C(=O)N2CCSCC2)c1. The van der Waals surface area contributed by atoms with Gasteiger partial charge in [0.2, 0.25) is 0 Å². The Morgan fingerprint density at radius 3 is 2.74 bits per heavy atom. The molecule has 1 aliphatic heterocycles. The quantitative estimate of drug-likeness (QED) is 0.846. The Balaban J connectivity index is 2.13. The Labute approximate surface area is 115 Å². The van der Waals surface area contributed by atoms with Gasteiger partial charge >= 0.3 is 5.97 Å². The Kier molecular flexibility index (Phi) is 4.57. The molecule has 2 rings (SSSR count). The monoisotopic (exact) mass is 278 g/mol. The van der Waals surface area contributed by atoms with Gasteiger partial charge in [0.15, 0.2) is 0 Å². The van der Waals surface area contributed by atoms with Gasteiger partial charge in [-0.25, -0.2) is 4.79 Å². The molecule has 1 amide bonds. The summed E-state index contributed by atoms with van der Waals surface area (Å²) in [5, 5.41) is 8.57. The molecular formula is C13H14N2O3S. The lowest BCUT2D eigenvalue weighted by atomic mass is 10.1. The van der Waals surface area contributed by atoms with Gasteiger partial charge < -0.3 is 10.0 Å². The first-order valence-corrected chi connectivity index (χ1v) is 7.05. The van der Waals surface area contributed by atoms with E-state index >= 15 is 0 Å². The molecule has 0 radical (unpaired) electrons. The fourth-order valence-corrected chi connectivity index (χ4v) is 2.69. The lowest BCUT2D eigenvalue weighted by Crippen LogP contribution is -2.37. The molecule has 1 saturated heterocycles. The third kappa shape index (κ3) is 3.82. The van der Waals surface area contributed by atoms with Crippen LogP contribution in [0.15, 0.2) is 24.5 Å². The van der Waals surface area contributed by atoms with Crippen molar-refractivity contribution in [3.8, 4) is 0 Å². The van der Waals surface area contributed by atoms with Crippen LogP contribution >= 0.6 is 11.8 Å². The van der Waals surface area contributed by atoms with Crippen LogP contribution < -0.4 is 0 Å². The number of amides is 1. The van der Waals surface area contributed by atoms with Crippen LogP contribution in [0.5, 0.6) is 0 Å². The van der Waals surface area contributed by atoms with E-state index in [0.29, 0.717) is 11.1 Å². The largest absolute Gasteiger partial charge is 0.478 e. The summed E-state index contributed by atoms with van der Waals surface area (Å²) in [5.74, 6) is 0.846. The molecule has 0 aliphatic carbocycles. The molecule has 0 atom stereocenters. The van der Waals surface area contributed by atoms with E-state index in [1.807, 2.05) is 11.8 Å². The van der Waals surface area contributed by atoms with E-state index in [0.717, 1.165) is 30.7 Å². The van der Waals surface area contributed by atoms with Gasteiger partial charge in [-0.2, -0.15) is 11.8 Å². The first-order valence-electron chi connectivity index (χ1n) is 5.90. The third-order valence-electron chi connectivity index (χ3n) is 2.72. The average Bonchev–Trinajstić information content (AvgIpc) is 2.45. The van der Waals surface area contributed by atoms with Crippen molar-refractivity contribution in [2.24, 2.45) is 0 Å². The van der Waals surface area contributed by atoms with Crippen molar-refractivity contribution in [2.75, 3.05) is 24.6 Å². The lowest BCUT2D eigenvalue weighted by Gasteiger charge is -2.26. The summed E-state index contributed by atoms with van der Waals surface area (Å²) in [7, 11) is 0. The number of nitrogens with zero attached hydrogens (tertiary/aromatic N) is 2. The number of carboxylic acid groups (broad SMARTS) is 1. The topological polar surface area (TPSA) is 70.5 Å². The van der Waals surface area contributed by atoms with Crippen molar-refractivity contribution >= 4 is 29.7 Å². The van der Waals surface area contributed by atoms with Crippen LogP contribution in [0.1, 0.15) is 15.9 Å². The van der Waals surface area contributed by atoms with E-state index in [1.54, 1.807) is 11.0 Å². The second kappa shape index (κ2) is 6.38. The van der Waals surface area contributed by atoms with Crippen LogP contribution in [-0.2, 0) is 4.79 Å². The number of hydrogen-bond acceptors (Lipinski definition) is 4. The Bertz CT molecular complexity index is 510. The van der Waals surface area contributed by atoms with Gasteiger partial charge in [0.25, 0.3) is 5.91 Å². The number of pyridine rings is 1. The predicted octanol–water partition coefficient (Wildman–Crippen LogP) is 1.37. The van der Waals surface area contributed by atoms with Crippen LogP contribution in [0.2, 0.25) is 0 Å². The molecule has 0 saturated carbocycles. The molecule has 100 valence electrons. The maximum absolute atomic E-state index is 12.2. The van der Waals surface area contributed by atoms with Crippen LogP contribution in [-0.4, -0.2) is 51.5 Å². The molecule has 6 heteroatoms. The van der Waals surface area contributed by atoms with Gasteiger partial charge in [-0.05, 0) is 17.7 Å². The van der Waals surface area contributed by atoms with E-state index in [4.69, 9.17) is 5.11 Å². The van der Waals surface area contributed by atoms with Crippen molar-refractivity contribution in [2.45, 2.75) is 0 Å². The minimum Gasteiger partial charge on any atom is -0.478 e. The molecule has 0 unspecified atom stereocenters.